The fourth-order valence-corrected chi connectivity index (χ4v) is 1.99. The van der Waals surface area contributed by atoms with Crippen LogP contribution in [0.25, 0.3) is 0 Å². The van der Waals surface area contributed by atoms with E-state index in [1.54, 1.807) is 25.1 Å². The van der Waals surface area contributed by atoms with Gasteiger partial charge in [-0.1, -0.05) is 0 Å². The lowest BCUT2D eigenvalue weighted by molar-refractivity contribution is -0.123. The van der Waals surface area contributed by atoms with Crippen LogP contribution in [0.2, 0.25) is 0 Å². The largest absolute Gasteiger partial charge is 0.497 e. The first kappa shape index (κ1) is 16.4. The minimum Gasteiger partial charge on any atom is -0.497 e. The Morgan fingerprint density at radius 1 is 1.35 bits per heavy atom. The van der Waals surface area contributed by atoms with Gasteiger partial charge in [0.1, 0.15) is 17.3 Å². The highest BCUT2D eigenvalue weighted by molar-refractivity contribution is 5.96. The first-order chi connectivity index (χ1) is 11.0. The number of carbonyl (C=O) groups is 2. The van der Waals surface area contributed by atoms with Gasteiger partial charge in [-0.2, -0.15) is 0 Å². The van der Waals surface area contributed by atoms with Crippen molar-refractivity contribution in [3.63, 3.8) is 0 Å². The molecule has 0 saturated carbocycles. The van der Waals surface area contributed by atoms with Crippen LogP contribution in [0, 0.1) is 0 Å². The van der Waals surface area contributed by atoms with Crippen LogP contribution in [0.15, 0.2) is 41.0 Å². The van der Waals surface area contributed by atoms with Gasteiger partial charge in [-0.25, -0.2) is 0 Å². The Balaban J connectivity index is 1.99. The van der Waals surface area contributed by atoms with E-state index < -0.39 is 5.91 Å². The molecule has 0 aliphatic heterocycles. The van der Waals surface area contributed by atoms with E-state index in [2.05, 4.69) is 5.32 Å². The lowest BCUT2D eigenvalue weighted by Crippen LogP contribution is -2.31. The second-order valence-electron chi connectivity index (χ2n) is 4.82. The number of ether oxygens (including phenoxy) is 2. The molecular formula is C16H18N2O5. The van der Waals surface area contributed by atoms with E-state index >= 15 is 0 Å². The zero-order valence-electron chi connectivity index (χ0n) is 12.9. The molecule has 1 atom stereocenters. The summed E-state index contributed by atoms with van der Waals surface area (Å²) in [6.07, 6.45) is 1.53. The lowest BCUT2D eigenvalue weighted by Gasteiger charge is -2.14. The summed E-state index contributed by atoms with van der Waals surface area (Å²) in [5, 5.41) is 2.72. The molecule has 0 unspecified atom stereocenters. The molecule has 0 fully saturated rings. The molecule has 0 aliphatic carbocycles. The van der Waals surface area contributed by atoms with Gasteiger partial charge in [-0.15, -0.1) is 0 Å². The minimum atomic E-state index is -0.646. The summed E-state index contributed by atoms with van der Waals surface area (Å²) in [6, 6.07) is 7.79. The maximum Gasteiger partial charge on any atom is 0.258 e. The summed E-state index contributed by atoms with van der Waals surface area (Å²) in [4.78, 5) is 23.3. The second kappa shape index (κ2) is 7.35. The van der Waals surface area contributed by atoms with Crippen molar-refractivity contribution in [3.05, 3.63) is 47.9 Å². The molecule has 7 nitrogen and oxygen atoms in total. The van der Waals surface area contributed by atoms with Crippen molar-refractivity contribution in [1.82, 2.24) is 5.32 Å². The molecular weight excluding hydrogens is 300 g/mol. The molecule has 0 radical (unpaired) electrons. The topological polar surface area (TPSA) is 104 Å². The standard InChI is InChI=1S/C16H18N2O5/c1-10(13-4-3-7-22-13)18-15(19)9-23-14-8-11(21-2)5-6-12(14)16(17)20/h3-8,10H,9H2,1-2H3,(H2,17,20)(H,18,19)/t10-/m0/s1. The molecule has 0 spiro atoms. The zero-order valence-corrected chi connectivity index (χ0v) is 12.9. The molecule has 0 bridgehead atoms. The molecule has 23 heavy (non-hydrogen) atoms. The predicted octanol–water partition coefficient (Wildman–Crippen LogP) is 1.64. The van der Waals surface area contributed by atoms with Crippen LogP contribution in [-0.2, 0) is 4.79 Å². The third kappa shape index (κ3) is 4.26. The number of hydrogen-bond donors (Lipinski definition) is 2. The molecule has 122 valence electrons. The Morgan fingerprint density at radius 2 is 2.13 bits per heavy atom. The van der Waals surface area contributed by atoms with Gasteiger partial charge < -0.3 is 24.9 Å². The highest BCUT2D eigenvalue weighted by Crippen LogP contribution is 2.24. The number of methoxy groups -OCH3 is 1. The summed E-state index contributed by atoms with van der Waals surface area (Å²) >= 11 is 0. The first-order valence-corrected chi connectivity index (χ1v) is 6.94. The molecule has 7 heteroatoms. The van der Waals surface area contributed by atoms with E-state index in [-0.39, 0.29) is 29.9 Å². The first-order valence-electron chi connectivity index (χ1n) is 6.94. The smallest absolute Gasteiger partial charge is 0.258 e. The van der Waals surface area contributed by atoms with E-state index in [1.807, 2.05) is 0 Å². The molecule has 3 N–H and O–H groups in total. The number of amides is 2. The van der Waals surface area contributed by atoms with Gasteiger partial charge in [0, 0.05) is 6.07 Å². The SMILES string of the molecule is COc1ccc(C(N)=O)c(OCC(=O)N[C@@H](C)c2ccco2)c1. The van der Waals surface area contributed by atoms with Crippen molar-refractivity contribution in [1.29, 1.82) is 0 Å². The lowest BCUT2D eigenvalue weighted by atomic mass is 10.2. The van der Waals surface area contributed by atoms with Crippen molar-refractivity contribution < 1.29 is 23.5 Å². The summed E-state index contributed by atoms with van der Waals surface area (Å²) in [5.74, 6) is 0.323. The Kier molecular flexibility index (Phi) is 5.24. The Labute approximate surface area is 133 Å². The van der Waals surface area contributed by atoms with Gasteiger partial charge in [0.15, 0.2) is 6.61 Å². The van der Waals surface area contributed by atoms with Gasteiger partial charge >= 0.3 is 0 Å². The van der Waals surface area contributed by atoms with E-state index in [1.165, 1.54) is 25.5 Å². The average Bonchev–Trinajstić information content (AvgIpc) is 3.07. The van der Waals surface area contributed by atoms with Crippen molar-refractivity contribution >= 4 is 11.8 Å². The Bertz CT molecular complexity index is 682. The van der Waals surface area contributed by atoms with Crippen LogP contribution >= 0.6 is 0 Å². The summed E-state index contributed by atoms with van der Waals surface area (Å²) < 4.78 is 15.7. The maximum atomic E-state index is 11.9. The fourth-order valence-electron chi connectivity index (χ4n) is 1.99. The molecule has 0 saturated heterocycles. The molecule has 1 aromatic carbocycles. The van der Waals surface area contributed by atoms with Crippen LogP contribution in [0.1, 0.15) is 29.1 Å². The predicted molar refractivity (Wildman–Crippen MR) is 82.3 cm³/mol. The minimum absolute atomic E-state index is 0.178. The van der Waals surface area contributed by atoms with Crippen LogP contribution in [-0.4, -0.2) is 25.5 Å². The number of hydrogen-bond acceptors (Lipinski definition) is 5. The van der Waals surface area contributed by atoms with Gasteiger partial charge in [0.2, 0.25) is 0 Å². The average molecular weight is 318 g/mol. The molecule has 2 aromatic rings. The molecule has 2 amide bonds. The number of rotatable bonds is 7. The summed E-state index contributed by atoms with van der Waals surface area (Å²) in [5.41, 5.74) is 5.46. The maximum absolute atomic E-state index is 11.9. The van der Waals surface area contributed by atoms with E-state index in [0.29, 0.717) is 11.5 Å². The zero-order chi connectivity index (χ0) is 16.8. The normalized spacial score (nSPS) is 11.6. The van der Waals surface area contributed by atoms with Crippen LogP contribution < -0.4 is 20.5 Å². The summed E-state index contributed by atoms with van der Waals surface area (Å²) in [6.45, 7) is 1.52. The van der Waals surface area contributed by atoms with E-state index in [0.717, 1.165) is 0 Å². The van der Waals surface area contributed by atoms with Gasteiger partial charge in [0.25, 0.3) is 11.8 Å². The van der Waals surface area contributed by atoms with Gasteiger partial charge in [-0.3, -0.25) is 9.59 Å². The number of benzene rings is 1. The fraction of sp³-hybridized carbons (Fsp3) is 0.250. The van der Waals surface area contributed by atoms with E-state index in [9.17, 15) is 9.59 Å². The Hall–Kier alpha value is -2.96. The molecule has 1 heterocycles. The van der Waals surface area contributed by atoms with Crippen molar-refractivity contribution in [2.24, 2.45) is 5.73 Å². The number of furan rings is 1. The number of nitrogens with one attached hydrogen (secondary N) is 1. The number of primary amides is 1. The van der Waals surface area contributed by atoms with E-state index in [4.69, 9.17) is 19.6 Å². The quantitative estimate of drug-likeness (QED) is 0.807. The van der Waals surface area contributed by atoms with Crippen molar-refractivity contribution in [3.8, 4) is 11.5 Å². The number of nitrogens with two attached hydrogens (primary N) is 1. The molecule has 1 aromatic heterocycles. The van der Waals surface area contributed by atoms with Gasteiger partial charge in [0.05, 0.1) is 25.0 Å². The highest BCUT2D eigenvalue weighted by atomic mass is 16.5. The van der Waals surface area contributed by atoms with Crippen LogP contribution in [0.4, 0.5) is 0 Å². The number of carbonyl (C=O) groups excluding carboxylic acids is 2. The molecule has 0 aliphatic rings. The highest BCUT2D eigenvalue weighted by Gasteiger charge is 2.15. The van der Waals surface area contributed by atoms with Gasteiger partial charge in [-0.05, 0) is 31.2 Å². The third-order valence-corrected chi connectivity index (χ3v) is 3.16. The summed E-state index contributed by atoms with van der Waals surface area (Å²) in [7, 11) is 1.49. The third-order valence-electron chi connectivity index (χ3n) is 3.16. The van der Waals surface area contributed by atoms with Crippen LogP contribution in [0.5, 0.6) is 11.5 Å². The molecule has 2 rings (SSSR count). The monoisotopic (exact) mass is 318 g/mol. The second-order valence-corrected chi connectivity index (χ2v) is 4.82. The van der Waals surface area contributed by atoms with Crippen LogP contribution in [0.3, 0.4) is 0 Å². The Morgan fingerprint density at radius 3 is 2.74 bits per heavy atom. The van der Waals surface area contributed by atoms with Crippen molar-refractivity contribution in [2.45, 2.75) is 13.0 Å². The van der Waals surface area contributed by atoms with Crippen molar-refractivity contribution in [2.75, 3.05) is 13.7 Å².